The Morgan fingerprint density at radius 3 is 2.34 bits per heavy atom. The lowest BCUT2D eigenvalue weighted by molar-refractivity contribution is 0.0602. The van der Waals surface area contributed by atoms with Gasteiger partial charge in [0, 0.05) is 37.3 Å². The minimum absolute atomic E-state index is 0.0512. The number of fused-ring (bicyclic) bond motifs is 3. The quantitative estimate of drug-likeness (QED) is 0.346. The number of aromatic amines is 1. The molecule has 0 radical (unpaired) electrons. The first-order valence-corrected chi connectivity index (χ1v) is 15.2. The van der Waals surface area contributed by atoms with E-state index in [2.05, 4.69) is 76.0 Å². The predicted octanol–water partition coefficient (Wildman–Crippen LogP) is 5.47. The molecule has 1 amide bonds. The number of benzene rings is 2. The van der Waals surface area contributed by atoms with E-state index >= 15 is 0 Å². The molecule has 3 saturated heterocycles. The van der Waals surface area contributed by atoms with Gasteiger partial charge in [-0.25, -0.2) is 4.98 Å². The maximum Gasteiger partial charge on any atom is 0.270 e. The number of amides is 1. The molecule has 3 aliphatic rings. The van der Waals surface area contributed by atoms with Gasteiger partial charge in [0.05, 0.1) is 11.0 Å². The Kier molecular flexibility index (Phi) is 6.78. The fourth-order valence-corrected chi connectivity index (χ4v) is 8.15. The number of hydrogen-bond donors (Lipinski definition) is 1. The molecule has 212 valence electrons. The van der Waals surface area contributed by atoms with E-state index in [1.54, 1.807) is 12.1 Å². The predicted molar refractivity (Wildman–Crippen MR) is 161 cm³/mol. The van der Waals surface area contributed by atoms with Crippen molar-refractivity contribution in [2.24, 2.45) is 0 Å². The molecule has 5 heterocycles. The summed E-state index contributed by atoms with van der Waals surface area (Å²) in [5.41, 5.74) is 3.96. The van der Waals surface area contributed by atoms with Gasteiger partial charge in [0.15, 0.2) is 0 Å². The fourth-order valence-electron chi connectivity index (χ4n) is 8.15. The van der Waals surface area contributed by atoms with Crippen LogP contribution in [0.15, 0.2) is 77.6 Å². The lowest BCUT2D eigenvalue weighted by atomic mass is 9.70. The van der Waals surface area contributed by atoms with Crippen LogP contribution in [0.5, 0.6) is 0 Å². The van der Waals surface area contributed by atoms with Crippen LogP contribution in [0.25, 0.3) is 11.0 Å². The third-order valence-corrected chi connectivity index (χ3v) is 10.2. The fraction of sp³-hybridized carbons (Fsp3) is 0.441. The van der Waals surface area contributed by atoms with Gasteiger partial charge < -0.3 is 14.5 Å². The first-order chi connectivity index (χ1) is 20.0. The summed E-state index contributed by atoms with van der Waals surface area (Å²) in [5, 5.41) is 0. The molecule has 0 spiro atoms. The van der Waals surface area contributed by atoms with E-state index in [1.165, 1.54) is 42.8 Å². The van der Waals surface area contributed by atoms with Crippen LogP contribution < -0.4 is 5.56 Å². The second-order valence-electron chi connectivity index (χ2n) is 12.4. The van der Waals surface area contributed by atoms with Crippen molar-refractivity contribution in [2.45, 2.75) is 75.4 Å². The summed E-state index contributed by atoms with van der Waals surface area (Å²) >= 11 is 0. The van der Waals surface area contributed by atoms with Crippen LogP contribution in [-0.2, 0) is 5.41 Å². The molecule has 2 aromatic heterocycles. The van der Waals surface area contributed by atoms with E-state index in [4.69, 9.17) is 4.98 Å². The number of nitrogens with one attached hydrogen (secondary N) is 1. The van der Waals surface area contributed by atoms with Gasteiger partial charge in [-0.05, 0) is 87.6 Å². The number of pyridine rings is 1. The SMILES string of the molecule is Cc1nc2ccccc2n1C1CC2CCC(C1)N2CCC1(c2ccccc2)CCN(C(=O)c2cccc(=O)[nH]2)CC1. The largest absolute Gasteiger partial charge is 0.337 e. The van der Waals surface area contributed by atoms with E-state index < -0.39 is 0 Å². The molecule has 4 aromatic rings. The van der Waals surface area contributed by atoms with Gasteiger partial charge in [0.25, 0.3) is 5.91 Å². The van der Waals surface area contributed by atoms with Gasteiger partial charge in [-0.2, -0.15) is 0 Å². The van der Waals surface area contributed by atoms with Crippen LogP contribution in [0.4, 0.5) is 0 Å². The number of piperidine rings is 2. The van der Waals surface area contributed by atoms with Gasteiger partial charge >= 0.3 is 0 Å². The number of rotatable bonds is 6. The van der Waals surface area contributed by atoms with Crippen molar-refractivity contribution in [3.8, 4) is 0 Å². The highest BCUT2D eigenvalue weighted by molar-refractivity contribution is 5.92. The molecule has 3 fully saturated rings. The first-order valence-electron chi connectivity index (χ1n) is 15.2. The minimum atomic E-state index is -0.235. The maximum absolute atomic E-state index is 13.2. The van der Waals surface area contributed by atoms with Gasteiger partial charge in [-0.15, -0.1) is 0 Å². The minimum Gasteiger partial charge on any atom is -0.337 e. The normalized spacial score (nSPS) is 24.1. The van der Waals surface area contributed by atoms with Gasteiger partial charge in [-0.1, -0.05) is 48.5 Å². The number of likely N-dealkylation sites (tertiary alicyclic amines) is 1. The number of nitrogens with zero attached hydrogens (tertiary/aromatic N) is 4. The van der Waals surface area contributed by atoms with Crippen LogP contribution in [0.3, 0.4) is 0 Å². The van der Waals surface area contributed by atoms with Crippen LogP contribution in [0, 0.1) is 6.92 Å². The number of imidazole rings is 1. The van der Waals surface area contributed by atoms with Gasteiger partial charge in [0.1, 0.15) is 11.5 Å². The molecule has 7 heteroatoms. The standard InChI is InChI=1S/C34H39N5O2/c1-24-35-29-10-5-6-12-31(29)39(24)28-22-26-14-15-27(23-28)38(26)21-18-34(25-8-3-2-4-9-25)16-19-37(20-17-34)33(41)30-11-7-13-32(40)36-30/h2-13,26-28H,14-23H2,1H3,(H,36,40). The molecular weight excluding hydrogens is 510 g/mol. The van der Waals surface area contributed by atoms with E-state index in [-0.39, 0.29) is 16.9 Å². The van der Waals surface area contributed by atoms with E-state index in [0.29, 0.717) is 36.9 Å². The number of H-pyrrole nitrogens is 1. The van der Waals surface area contributed by atoms with Crippen molar-refractivity contribution in [3.05, 3.63) is 100 Å². The van der Waals surface area contributed by atoms with Gasteiger partial charge in [-0.3, -0.25) is 14.5 Å². The molecular formula is C34H39N5O2. The maximum atomic E-state index is 13.2. The monoisotopic (exact) mass is 549 g/mol. The van der Waals surface area contributed by atoms with Crippen molar-refractivity contribution in [3.63, 3.8) is 0 Å². The summed E-state index contributed by atoms with van der Waals surface area (Å²) in [5.74, 6) is 1.06. The molecule has 2 unspecified atom stereocenters. The summed E-state index contributed by atoms with van der Waals surface area (Å²) in [6, 6.07) is 26.0. The zero-order chi connectivity index (χ0) is 28.0. The lowest BCUT2D eigenvalue weighted by Gasteiger charge is -2.45. The number of carbonyl (C=O) groups is 1. The van der Waals surface area contributed by atoms with Gasteiger partial charge in [0.2, 0.25) is 5.56 Å². The van der Waals surface area contributed by atoms with E-state index in [9.17, 15) is 9.59 Å². The highest BCUT2D eigenvalue weighted by Crippen LogP contribution is 2.45. The number of carbonyl (C=O) groups excluding carboxylic acids is 1. The van der Waals surface area contributed by atoms with Crippen LogP contribution >= 0.6 is 0 Å². The van der Waals surface area contributed by atoms with Crippen LogP contribution in [0.1, 0.15) is 72.9 Å². The van der Waals surface area contributed by atoms with Crippen molar-refractivity contribution in [2.75, 3.05) is 19.6 Å². The lowest BCUT2D eigenvalue weighted by Crippen LogP contribution is -2.49. The molecule has 0 saturated carbocycles. The summed E-state index contributed by atoms with van der Waals surface area (Å²) in [4.78, 5) is 37.3. The molecule has 3 aliphatic heterocycles. The number of aryl methyl sites for hydroxylation is 1. The van der Waals surface area contributed by atoms with Crippen LogP contribution in [0.2, 0.25) is 0 Å². The Bertz CT molecular complexity index is 1590. The average molecular weight is 550 g/mol. The molecule has 41 heavy (non-hydrogen) atoms. The van der Waals surface area contributed by atoms with Crippen molar-refractivity contribution < 1.29 is 4.79 Å². The van der Waals surface area contributed by atoms with Crippen molar-refractivity contribution in [1.29, 1.82) is 0 Å². The third kappa shape index (κ3) is 4.80. The Labute approximate surface area is 241 Å². The molecule has 1 N–H and O–H groups in total. The first kappa shape index (κ1) is 26.2. The molecule has 7 rings (SSSR count). The number of para-hydroxylation sites is 2. The highest BCUT2D eigenvalue weighted by Gasteiger charge is 2.44. The Hall–Kier alpha value is -3.71. The summed E-state index contributed by atoms with van der Waals surface area (Å²) in [7, 11) is 0. The zero-order valence-electron chi connectivity index (χ0n) is 23.8. The van der Waals surface area contributed by atoms with Crippen LogP contribution in [-0.4, -0.2) is 62.0 Å². The highest BCUT2D eigenvalue weighted by atomic mass is 16.2. The van der Waals surface area contributed by atoms with Crippen molar-refractivity contribution >= 4 is 16.9 Å². The molecule has 2 bridgehead atoms. The second kappa shape index (κ2) is 10.6. The van der Waals surface area contributed by atoms with E-state index in [0.717, 1.165) is 37.1 Å². The molecule has 2 atom stereocenters. The van der Waals surface area contributed by atoms with Crippen molar-refractivity contribution in [1.82, 2.24) is 24.3 Å². The topological polar surface area (TPSA) is 74.2 Å². The average Bonchev–Trinajstić information content (AvgIpc) is 3.46. The smallest absolute Gasteiger partial charge is 0.270 e. The summed E-state index contributed by atoms with van der Waals surface area (Å²) < 4.78 is 2.51. The number of aromatic nitrogens is 3. The molecule has 2 aromatic carbocycles. The Balaban J connectivity index is 1.07. The zero-order valence-corrected chi connectivity index (χ0v) is 23.8. The van der Waals surface area contributed by atoms with E-state index in [1.807, 2.05) is 4.90 Å². The second-order valence-corrected chi connectivity index (χ2v) is 12.4. The Morgan fingerprint density at radius 1 is 0.902 bits per heavy atom. The summed E-state index contributed by atoms with van der Waals surface area (Å²) in [6.07, 6.45) is 7.91. The third-order valence-electron chi connectivity index (χ3n) is 10.2. The molecule has 7 nitrogen and oxygen atoms in total. The number of hydrogen-bond acceptors (Lipinski definition) is 4. The summed E-state index contributed by atoms with van der Waals surface area (Å²) in [6.45, 7) is 4.66. The molecule has 0 aliphatic carbocycles. The Morgan fingerprint density at radius 2 is 1.61 bits per heavy atom.